The molecule has 10 heteroatoms. The molecule has 0 unspecified atom stereocenters. The number of aromatic carboxylic acids is 1. The average molecular weight is 462 g/mol. The van der Waals surface area contributed by atoms with Crippen molar-refractivity contribution in [1.82, 2.24) is 9.97 Å². The van der Waals surface area contributed by atoms with Gasteiger partial charge in [-0.1, -0.05) is 42.5 Å². The number of nitrogens with zero attached hydrogens (tertiary/aromatic N) is 3. The number of halogens is 3. The maximum Gasteiger partial charge on any atom is 0.416 e. The molecule has 0 aliphatic carbocycles. The van der Waals surface area contributed by atoms with Gasteiger partial charge in [0.1, 0.15) is 16.4 Å². The number of thioether (sulfide) groups is 1. The first-order valence-electron chi connectivity index (χ1n) is 9.54. The highest BCUT2D eigenvalue weighted by molar-refractivity contribution is 7.98. The summed E-state index contributed by atoms with van der Waals surface area (Å²) in [7, 11) is 3.47. The van der Waals surface area contributed by atoms with E-state index in [1.807, 2.05) is 30.3 Å². The van der Waals surface area contributed by atoms with Crippen LogP contribution in [0.4, 0.5) is 24.9 Å². The van der Waals surface area contributed by atoms with Gasteiger partial charge in [-0.2, -0.15) is 18.2 Å². The Morgan fingerprint density at radius 2 is 1.69 bits per heavy atom. The summed E-state index contributed by atoms with van der Waals surface area (Å²) in [4.78, 5) is 22.4. The third kappa shape index (κ3) is 5.91. The van der Waals surface area contributed by atoms with E-state index in [2.05, 4.69) is 15.3 Å². The van der Waals surface area contributed by atoms with E-state index in [0.717, 1.165) is 17.7 Å². The Labute approximate surface area is 187 Å². The highest BCUT2D eigenvalue weighted by Crippen LogP contribution is 2.31. The maximum atomic E-state index is 12.8. The maximum absolute atomic E-state index is 12.8. The van der Waals surface area contributed by atoms with Crippen molar-refractivity contribution in [2.45, 2.75) is 23.5 Å². The molecule has 2 N–H and O–H groups in total. The third-order valence-electron chi connectivity index (χ3n) is 4.44. The minimum absolute atomic E-state index is 0.0801. The summed E-state index contributed by atoms with van der Waals surface area (Å²) in [5.41, 5.74) is 0.739. The van der Waals surface area contributed by atoms with Crippen molar-refractivity contribution in [3.63, 3.8) is 0 Å². The smallest absolute Gasteiger partial charge is 0.416 e. The number of benzene rings is 2. The van der Waals surface area contributed by atoms with Crippen molar-refractivity contribution in [1.29, 1.82) is 0 Å². The summed E-state index contributed by atoms with van der Waals surface area (Å²) in [5.74, 6) is -0.253. The van der Waals surface area contributed by atoms with Crippen molar-refractivity contribution in [3.8, 4) is 0 Å². The monoisotopic (exact) mass is 462 g/mol. The molecular formula is C22H21F3N4O2S. The highest BCUT2D eigenvalue weighted by Gasteiger charge is 2.30. The molecule has 0 saturated carbocycles. The molecule has 0 radical (unpaired) electrons. The molecule has 168 valence electrons. The molecule has 1 heterocycles. The lowest BCUT2D eigenvalue weighted by Crippen LogP contribution is -2.18. The first-order chi connectivity index (χ1) is 15.1. The van der Waals surface area contributed by atoms with Gasteiger partial charge in [-0.25, -0.2) is 9.78 Å². The zero-order valence-corrected chi connectivity index (χ0v) is 18.2. The van der Waals surface area contributed by atoms with Crippen molar-refractivity contribution in [3.05, 3.63) is 76.9 Å². The number of aromatic nitrogens is 2. The molecule has 3 aromatic rings. The number of nitrogens with one attached hydrogen (secondary N) is 1. The molecule has 32 heavy (non-hydrogen) atoms. The predicted octanol–water partition coefficient (Wildman–Crippen LogP) is 5.16. The van der Waals surface area contributed by atoms with E-state index in [9.17, 15) is 23.1 Å². The summed E-state index contributed by atoms with van der Waals surface area (Å²) in [6.45, 7) is 0.102. The van der Waals surface area contributed by atoms with E-state index < -0.39 is 17.7 Å². The van der Waals surface area contributed by atoms with Crippen molar-refractivity contribution in [2.24, 2.45) is 0 Å². The predicted molar refractivity (Wildman–Crippen MR) is 118 cm³/mol. The van der Waals surface area contributed by atoms with Gasteiger partial charge in [0.15, 0.2) is 0 Å². The van der Waals surface area contributed by atoms with Crippen LogP contribution < -0.4 is 10.2 Å². The first-order valence-corrected chi connectivity index (χ1v) is 10.5. The minimum Gasteiger partial charge on any atom is -0.477 e. The number of carboxylic acid groups (broad SMARTS) is 1. The summed E-state index contributed by atoms with van der Waals surface area (Å²) >= 11 is 1.28. The molecular weight excluding hydrogens is 441 g/mol. The first kappa shape index (κ1) is 23.4. The number of alkyl halides is 3. The second-order valence-electron chi connectivity index (χ2n) is 7.07. The van der Waals surface area contributed by atoms with Crippen LogP contribution in [0.15, 0.2) is 59.6 Å². The van der Waals surface area contributed by atoms with Crippen molar-refractivity contribution >= 4 is 29.5 Å². The van der Waals surface area contributed by atoms with Crippen LogP contribution in [0, 0.1) is 0 Å². The van der Waals surface area contributed by atoms with Crippen LogP contribution in [0.25, 0.3) is 0 Å². The lowest BCUT2D eigenvalue weighted by Gasteiger charge is -2.17. The Balaban J connectivity index is 1.87. The molecule has 3 rings (SSSR count). The summed E-state index contributed by atoms with van der Waals surface area (Å²) in [6, 6.07) is 14.2. The molecule has 0 aliphatic heterocycles. The van der Waals surface area contributed by atoms with Crippen LogP contribution in [0.2, 0.25) is 0 Å². The standard InChI is InChI=1S/C22H21F3N4O2S/c1-29(2)21-27-18(26-12-14-8-10-16(11-9-14)22(23,24)25)17(20(30)31)19(28-21)32-13-15-6-4-3-5-7-15/h3-11H,12-13H2,1-2H3,(H,30,31)(H,26,27,28). The van der Waals surface area contributed by atoms with Crippen LogP contribution in [-0.4, -0.2) is 35.1 Å². The van der Waals surface area contributed by atoms with E-state index in [-0.39, 0.29) is 17.9 Å². The lowest BCUT2D eigenvalue weighted by atomic mass is 10.1. The average Bonchev–Trinajstić information content (AvgIpc) is 2.76. The molecule has 0 amide bonds. The van der Waals surface area contributed by atoms with Crippen molar-refractivity contribution < 1.29 is 23.1 Å². The number of hydrogen-bond acceptors (Lipinski definition) is 6. The third-order valence-corrected chi connectivity index (χ3v) is 5.48. The molecule has 0 saturated heterocycles. The van der Waals surface area contributed by atoms with Gasteiger partial charge in [-0.05, 0) is 23.3 Å². The fourth-order valence-corrected chi connectivity index (χ4v) is 3.75. The van der Waals surface area contributed by atoms with Gasteiger partial charge in [0.25, 0.3) is 0 Å². The van der Waals surface area contributed by atoms with Gasteiger partial charge in [-0.3, -0.25) is 0 Å². The lowest BCUT2D eigenvalue weighted by molar-refractivity contribution is -0.137. The molecule has 1 aromatic heterocycles. The SMILES string of the molecule is CN(C)c1nc(NCc2ccc(C(F)(F)F)cc2)c(C(=O)O)c(SCc2ccccc2)n1. The summed E-state index contributed by atoms with van der Waals surface area (Å²) in [6.07, 6.45) is -4.42. The second-order valence-corrected chi connectivity index (χ2v) is 8.04. The Morgan fingerprint density at radius 1 is 1.03 bits per heavy atom. The van der Waals surface area contributed by atoms with Gasteiger partial charge in [-0.15, -0.1) is 11.8 Å². The second kappa shape index (κ2) is 9.90. The summed E-state index contributed by atoms with van der Waals surface area (Å²) in [5, 5.41) is 13.1. The molecule has 0 aliphatic rings. The largest absolute Gasteiger partial charge is 0.477 e. The van der Waals surface area contributed by atoms with Gasteiger partial charge < -0.3 is 15.3 Å². The Kier molecular flexibility index (Phi) is 7.24. The van der Waals surface area contributed by atoms with Crippen LogP contribution >= 0.6 is 11.8 Å². The number of carbonyl (C=O) groups is 1. The number of anilines is 2. The van der Waals surface area contributed by atoms with Crippen LogP contribution in [-0.2, 0) is 18.5 Å². The van der Waals surface area contributed by atoms with Crippen LogP contribution in [0.3, 0.4) is 0 Å². The quantitative estimate of drug-likeness (QED) is 0.353. The van der Waals surface area contributed by atoms with E-state index in [4.69, 9.17) is 0 Å². The highest BCUT2D eigenvalue weighted by atomic mass is 32.2. The Bertz CT molecular complexity index is 1080. The number of carboxylic acids is 1. The number of hydrogen-bond donors (Lipinski definition) is 2. The van der Waals surface area contributed by atoms with E-state index >= 15 is 0 Å². The van der Waals surface area contributed by atoms with E-state index in [0.29, 0.717) is 22.3 Å². The van der Waals surface area contributed by atoms with Gasteiger partial charge in [0.05, 0.1) is 5.56 Å². The van der Waals surface area contributed by atoms with Gasteiger partial charge in [0.2, 0.25) is 5.95 Å². The zero-order chi connectivity index (χ0) is 23.3. The Hall–Kier alpha value is -3.27. The molecule has 2 aromatic carbocycles. The fourth-order valence-electron chi connectivity index (χ4n) is 2.78. The molecule has 0 fully saturated rings. The molecule has 0 bridgehead atoms. The fraction of sp³-hybridized carbons (Fsp3) is 0.227. The van der Waals surface area contributed by atoms with Crippen LogP contribution in [0.5, 0.6) is 0 Å². The Morgan fingerprint density at radius 3 is 2.25 bits per heavy atom. The van der Waals surface area contributed by atoms with Crippen LogP contribution in [0.1, 0.15) is 27.0 Å². The zero-order valence-electron chi connectivity index (χ0n) is 17.3. The van der Waals surface area contributed by atoms with E-state index in [1.165, 1.54) is 23.9 Å². The molecule has 6 nitrogen and oxygen atoms in total. The van der Waals surface area contributed by atoms with E-state index in [1.54, 1.807) is 19.0 Å². The number of rotatable bonds is 8. The topological polar surface area (TPSA) is 78.4 Å². The van der Waals surface area contributed by atoms with Gasteiger partial charge >= 0.3 is 12.1 Å². The summed E-state index contributed by atoms with van der Waals surface area (Å²) < 4.78 is 38.3. The molecule has 0 atom stereocenters. The van der Waals surface area contributed by atoms with Gasteiger partial charge in [0, 0.05) is 26.4 Å². The normalized spacial score (nSPS) is 11.3. The molecule has 0 spiro atoms. The van der Waals surface area contributed by atoms with Crippen molar-refractivity contribution in [2.75, 3.05) is 24.3 Å². The minimum atomic E-state index is -4.42.